The van der Waals surface area contributed by atoms with Gasteiger partial charge in [-0.3, -0.25) is 4.99 Å². The summed E-state index contributed by atoms with van der Waals surface area (Å²) in [6.07, 6.45) is 8.98. The lowest BCUT2D eigenvalue weighted by Gasteiger charge is -2.28. The Morgan fingerprint density at radius 1 is 1.06 bits per heavy atom. The largest absolute Gasteiger partial charge is 0.357 e. The van der Waals surface area contributed by atoms with Crippen molar-refractivity contribution in [2.45, 2.75) is 38.8 Å². The number of aromatic nitrogens is 2. The van der Waals surface area contributed by atoms with Gasteiger partial charge in [-0.05, 0) is 60.9 Å². The fourth-order valence-corrected chi connectivity index (χ4v) is 4.06. The van der Waals surface area contributed by atoms with Crippen LogP contribution >= 0.6 is 24.0 Å². The summed E-state index contributed by atoms with van der Waals surface area (Å²) in [5.74, 6) is 1.93. The fourth-order valence-electron chi connectivity index (χ4n) is 4.06. The van der Waals surface area contributed by atoms with Gasteiger partial charge in [0.05, 0.1) is 0 Å². The molecule has 2 N–H and O–H groups in total. The molecule has 1 aromatic carbocycles. The molecule has 0 aliphatic carbocycles. The number of nitrogens with zero attached hydrogens (tertiary/aromatic N) is 4. The zero-order chi connectivity index (χ0) is 20.6. The summed E-state index contributed by atoms with van der Waals surface area (Å²) in [5, 5.41) is 8.15. The Morgan fingerprint density at radius 2 is 1.90 bits per heavy atom. The van der Waals surface area contributed by atoms with Gasteiger partial charge in [-0.2, -0.15) is 0 Å². The summed E-state index contributed by atoms with van der Waals surface area (Å²) < 4.78 is 2.31. The van der Waals surface area contributed by atoms with Crippen LogP contribution in [0.15, 0.2) is 59.9 Å². The summed E-state index contributed by atoms with van der Waals surface area (Å²) >= 11 is 0. The van der Waals surface area contributed by atoms with E-state index in [9.17, 15) is 0 Å². The molecule has 31 heavy (non-hydrogen) atoms. The Kier molecular flexibility index (Phi) is 8.99. The van der Waals surface area contributed by atoms with Crippen LogP contribution in [0.4, 0.5) is 5.82 Å². The van der Waals surface area contributed by atoms with Crippen LogP contribution in [0.25, 0.3) is 10.9 Å². The Hall–Kier alpha value is -2.29. The van der Waals surface area contributed by atoms with Gasteiger partial charge in [-0.15, -0.1) is 24.0 Å². The van der Waals surface area contributed by atoms with Gasteiger partial charge in [-0.25, -0.2) is 4.98 Å². The lowest BCUT2D eigenvalue weighted by Crippen LogP contribution is -2.37. The lowest BCUT2D eigenvalue weighted by atomic mass is 10.1. The molecule has 0 amide bonds. The third kappa shape index (κ3) is 6.35. The highest BCUT2D eigenvalue weighted by Gasteiger charge is 2.12. The molecule has 1 aliphatic heterocycles. The number of fused-ring (bicyclic) bond motifs is 1. The van der Waals surface area contributed by atoms with Crippen molar-refractivity contribution in [3.8, 4) is 0 Å². The molecular formula is C24H33IN6. The smallest absolute Gasteiger partial charge is 0.191 e. The first-order chi connectivity index (χ1) is 14.8. The van der Waals surface area contributed by atoms with Crippen molar-refractivity contribution < 1.29 is 0 Å². The topological polar surface area (TPSA) is 57.5 Å². The minimum absolute atomic E-state index is 0. The summed E-state index contributed by atoms with van der Waals surface area (Å²) in [7, 11) is 1.82. The maximum atomic E-state index is 4.57. The molecule has 0 spiro atoms. The summed E-state index contributed by atoms with van der Waals surface area (Å²) in [4.78, 5) is 11.3. The minimum Gasteiger partial charge on any atom is -0.357 e. The van der Waals surface area contributed by atoms with E-state index in [4.69, 9.17) is 0 Å². The van der Waals surface area contributed by atoms with Gasteiger partial charge >= 0.3 is 0 Å². The first-order valence-corrected chi connectivity index (χ1v) is 11.0. The first-order valence-electron chi connectivity index (χ1n) is 11.0. The molecule has 1 saturated heterocycles. The highest BCUT2D eigenvalue weighted by molar-refractivity contribution is 14.0. The van der Waals surface area contributed by atoms with Gasteiger partial charge in [0.1, 0.15) is 5.82 Å². The molecule has 2 aromatic heterocycles. The zero-order valence-corrected chi connectivity index (χ0v) is 20.6. The van der Waals surface area contributed by atoms with Crippen molar-refractivity contribution in [3.05, 3.63) is 60.4 Å². The highest BCUT2D eigenvalue weighted by Crippen LogP contribution is 2.18. The van der Waals surface area contributed by atoms with Crippen molar-refractivity contribution in [1.29, 1.82) is 0 Å². The van der Waals surface area contributed by atoms with Crippen molar-refractivity contribution >= 4 is 46.7 Å². The second-order valence-electron chi connectivity index (χ2n) is 7.84. The Morgan fingerprint density at radius 3 is 2.74 bits per heavy atom. The number of aliphatic imine (C=N–C) groups is 1. The van der Waals surface area contributed by atoms with E-state index in [-0.39, 0.29) is 24.0 Å². The average molecular weight is 532 g/mol. The predicted octanol–water partition coefficient (Wildman–Crippen LogP) is 4.40. The molecule has 3 heterocycles. The van der Waals surface area contributed by atoms with Crippen LogP contribution in [0.5, 0.6) is 0 Å². The molecule has 0 atom stereocenters. The predicted molar refractivity (Wildman–Crippen MR) is 140 cm³/mol. The van der Waals surface area contributed by atoms with Gasteiger partial charge in [0.25, 0.3) is 0 Å². The number of rotatable bonds is 7. The van der Waals surface area contributed by atoms with Crippen LogP contribution in [0.3, 0.4) is 0 Å². The number of nitrogens with one attached hydrogen (secondary N) is 2. The SMILES string of the molecule is CN=C(NCCCn1ccc2ccccc21)NCc1ccnc(N2CCCCC2)c1.I. The molecule has 3 aromatic rings. The van der Waals surface area contributed by atoms with Crippen molar-refractivity contribution in [3.63, 3.8) is 0 Å². The molecule has 0 unspecified atom stereocenters. The van der Waals surface area contributed by atoms with E-state index < -0.39 is 0 Å². The highest BCUT2D eigenvalue weighted by atomic mass is 127. The number of benzene rings is 1. The van der Waals surface area contributed by atoms with Crippen LogP contribution in [0.1, 0.15) is 31.2 Å². The molecule has 0 radical (unpaired) electrons. The van der Waals surface area contributed by atoms with Crippen molar-refractivity contribution in [1.82, 2.24) is 20.2 Å². The summed E-state index contributed by atoms with van der Waals surface area (Å²) in [6.45, 7) is 4.83. The van der Waals surface area contributed by atoms with Crippen LogP contribution in [-0.2, 0) is 13.1 Å². The zero-order valence-electron chi connectivity index (χ0n) is 18.3. The monoisotopic (exact) mass is 532 g/mol. The van der Waals surface area contributed by atoms with Gasteiger partial charge < -0.3 is 20.1 Å². The number of halogens is 1. The summed E-state index contributed by atoms with van der Waals surface area (Å²) in [6, 6.07) is 15.0. The minimum atomic E-state index is 0. The molecule has 0 saturated carbocycles. The molecule has 6 nitrogen and oxygen atoms in total. The third-order valence-electron chi connectivity index (χ3n) is 5.72. The number of anilines is 1. The number of pyridine rings is 1. The van der Waals surface area contributed by atoms with Crippen LogP contribution in [-0.4, -0.2) is 42.2 Å². The van der Waals surface area contributed by atoms with E-state index in [2.05, 4.69) is 78.7 Å². The number of aryl methyl sites for hydroxylation is 1. The number of para-hydroxylation sites is 1. The van der Waals surface area contributed by atoms with Gasteiger partial charge in [0.15, 0.2) is 5.96 Å². The van der Waals surface area contributed by atoms with Gasteiger partial charge in [0, 0.05) is 57.7 Å². The Labute approximate surface area is 202 Å². The van der Waals surface area contributed by atoms with E-state index in [0.717, 1.165) is 50.9 Å². The molecule has 7 heteroatoms. The summed E-state index contributed by atoms with van der Waals surface area (Å²) in [5.41, 5.74) is 2.52. The maximum absolute atomic E-state index is 4.57. The average Bonchev–Trinajstić information content (AvgIpc) is 3.22. The molecule has 1 aliphatic rings. The Balaban J connectivity index is 0.00000272. The quantitative estimate of drug-likeness (QED) is 0.205. The van der Waals surface area contributed by atoms with E-state index in [1.165, 1.54) is 35.7 Å². The van der Waals surface area contributed by atoms with E-state index in [1.54, 1.807) is 0 Å². The van der Waals surface area contributed by atoms with Gasteiger partial charge in [0.2, 0.25) is 0 Å². The molecular weight excluding hydrogens is 499 g/mol. The molecule has 0 bridgehead atoms. The van der Waals surface area contributed by atoms with Crippen molar-refractivity contribution in [2.24, 2.45) is 4.99 Å². The van der Waals surface area contributed by atoms with E-state index in [0.29, 0.717) is 0 Å². The second kappa shape index (κ2) is 11.9. The normalized spacial score (nSPS) is 14.4. The van der Waals surface area contributed by atoms with E-state index >= 15 is 0 Å². The number of hydrogen-bond acceptors (Lipinski definition) is 3. The van der Waals surface area contributed by atoms with Crippen molar-refractivity contribution in [2.75, 3.05) is 31.6 Å². The van der Waals surface area contributed by atoms with E-state index in [1.807, 2.05) is 13.2 Å². The Bertz CT molecular complexity index is 977. The molecule has 166 valence electrons. The van der Waals surface area contributed by atoms with Crippen LogP contribution in [0.2, 0.25) is 0 Å². The first kappa shape index (κ1) is 23.4. The lowest BCUT2D eigenvalue weighted by molar-refractivity contribution is 0.573. The second-order valence-corrected chi connectivity index (χ2v) is 7.84. The van der Waals surface area contributed by atoms with Crippen LogP contribution < -0.4 is 15.5 Å². The fraction of sp³-hybridized carbons (Fsp3) is 0.417. The van der Waals surface area contributed by atoms with Crippen LogP contribution in [0, 0.1) is 0 Å². The maximum Gasteiger partial charge on any atom is 0.191 e. The molecule has 4 rings (SSSR count). The van der Waals surface area contributed by atoms with Gasteiger partial charge in [-0.1, -0.05) is 18.2 Å². The standard InChI is InChI=1S/C24H32N6.HI/c1-25-24(27-12-7-16-29-17-11-21-8-3-4-9-22(21)29)28-19-20-10-13-26-23(18-20)30-14-5-2-6-15-30;/h3-4,8-11,13,17-18H,2,5-7,12,14-16,19H2,1H3,(H2,25,27,28);1H. The number of piperidine rings is 1. The number of hydrogen-bond donors (Lipinski definition) is 2. The third-order valence-corrected chi connectivity index (χ3v) is 5.72. The number of guanidine groups is 1. The molecule has 1 fully saturated rings.